The highest BCUT2D eigenvalue weighted by Crippen LogP contribution is 2.35. The molecule has 0 spiro atoms. The number of para-hydroxylation sites is 1. The molecule has 6 heteroatoms. The number of fused-ring (bicyclic) bond motifs is 2. The maximum absolute atomic E-state index is 12.7. The molecule has 0 radical (unpaired) electrons. The number of nitrogens with zero attached hydrogens (tertiary/aromatic N) is 1. The SMILES string of the molecule is COC(=O)c1ccc2c(c1)NCCN(C)C(=O)c1cccc(C)c1O2. The fourth-order valence-electron chi connectivity index (χ4n) is 2.73. The Morgan fingerprint density at radius 2 is 2.08 bits per heavy atom. The Hall–Kier alpha value is -3.02. The van der Waals surface area contributed by atoms with Crippen molar-refractivity contribution in [2.24, 2.45) is 0 Å². The number of carbonyl (C=O) groups is 2. The molecule has 3 rings (SSSR count). The Balaban J connectivity index is 2.10. The molecule has 6 nitrogen and oxygen atoms in total. The average molecular weight is 340 g/mol. The van der Waals surface area contributed by atoms with E-state index in [9.17, 15) is 9.59 Å². The molecule has 25 heavy (non-hydrogen) atoms. The Morgan fingerprint density at radius 3 is 2.84 bits per heavy atom. The van der Waals surface area contributed by atoms with Gasteiger partial charge in [0.2, 0.25) is 0 Å². The summed E-state index contributed by atoms with van der Waals surface area (Å²) in [4.78, 5) is 26.1. The largest absolute Gasteiger partial charge is 0.465 e. The molecular formula is C19H20N2O4. The molecule has 0 unspecified atom stereocenters. The topological polar surface area (TPSA) is 67.9 Å². The first kappa shape index (κ1) is 16.8. The summed E-state index contributed by atoms with van der Waals surface area (Å²) in [6.45, 7) is 2.95. The van der Waals surface area contributed by atoms with E-state index < -0.39 is 5.97 Å². The minimum Gasteiger partial charge on any atom is -0.465 e. The fourth-order valence-corrected chi connectivity index (χ4v) is 2.73. The van der Waals surface area contributed by atoms with Crippen LogP contribution in [0, 0.1) is 6.92 Å². The molecule has 0 atom stereocenters. The van der Waals surface area contributed by atoms with Crippen molar-refractivity contribution >= 4 is 17.6 Å². The number of hydrogen-bond donors (Lipinski definition) is 1. The number of esters is 1. The van der Waals surface area contributed by atoms with Gasteiger partial charge in [-0.3, -0.25) is 4.79 Å². The zero-order valence-electron chi connectivity index (χ0n) is 14.5. The molecule has 1 aliphatic rings. The van der Waals surface area contributed by atoms with Gasteiger partial charge in [-0.1, -0.05) is 12.1 Å². The number of nitrogens with one attached hydrogen (secondary N) is 1. The summed E-state index contributed by atoms with van der Waals surface area (Å²) in [5.74, 6) is 0.580. The van der Waals surface area contributed by atoms with Crippen LogP contribution < -0.4 is 10.1 Å². The summed E-state index contributed by atoms with van der Waals surface area (Å²) in [5.41, 5.74) is 2.50. The van der Waals surface area contributed by atoms with Gasteiger partial charge in [-0.05, 0) is 36.8 Å². The molecule has 130 valence electrons. The third-order valence-electron chi connectivity index (χ3n) is 4.16. The van der Waals surface area contributed by atoms with E-state index in [1.165, 1.54) is 7.11 Å². The number of carbonyl (C=O) groups excluding carboxylic acids is 2. The standard InChI is InChI=1S/C19H20N2O4/c1-12-5-4-6-14-17(12)25-16-8-7-13(19(23)24-3)11-15(16)20-9-10-21(2)18(14)22/h4-8,11,20H,9-10H2,1-3H3. The summed E-state index contributed by atoms with van der Waals surface area (Å²) in [6, 6.07) is 10.5. The van der Waals surface area contributed by atoms with E-state index in [0.717, 1.165) is 5.56 Å². The van der Waals surface area contributed by atoms with Crippen LogP contribution >= 0.6 is 0 Å². The predicted octanol–water partition coefficient (Wildman–Crippen LogP) is 3.07. The van der Waals surface area contributed by atoms with E-state index >= 15 is 0 Å². The molecule has 1 N–H and O–H groups in total. The minimum atomic E-state index is -0.412. The second-order valence-electron chi connectivity index (χ2n) is 5.91. The molecule has 1 heterocycles. The number of aryl methyl sites for hydroxylation is 1. The van der Waals surface area contributed by atoms with Crippen molar-refractivity contribution in [2.75, 3.05) is 32.6 Å². The maximum atomic E-state index is 12.7. The quantitative estimate of drug-likeness (QED) is 0.808. The summed E-state index contributed by atoms with van der Waals surface area (Å²) < 4.78 is 10.8. The lowest BCUT2D eigenvalue weighted by Gasteiger charge is -2.24. The van der Waals surface area contributed by atoms with Crippen molar-refractivity contribution in [1.82, 2.24) is 4.90 Å². The van der Waals surface area contributed by atoms with Crippen LogP contribution in [0.25, 0.3) is 0 Å². The van der Waals surface area contributed by atoms with Crippen LogP contribution in [0.4, 0.5) is 5.69 Å². The first-order chi connectivity index (χ1) is 12.0. The van der Waals surface area contributed by atoms with Gasteiger partial charge < -0.3 is 19.7 Å². The number of likely N-dealkylation sites (N-methyl/N-ethyl adjacent to an activating group) is 1. The Bertz CT molecular complexity index is 832. The Kier molecular flexibility index (Phi) is 4.61. The number of ether oxygens (including phenoxy) is 2. The van der Waals surface area contributed by atoms with Crippen molar-refractivity contribution in [1.29, 1.82) is 0 Å². The highest BCUT2D eigenvalue weighted by Gasteiger charge is 2.21. The molecule has 0 saturated carbocycles. The number of amides is 1. The molecule has 2 aromatic carbocycles. The number of anilines is 1. The summed E-state index contributed by atoms with van der Waals surface area (Å²) in [5, 5.41) is 3.23. The van der Waals surface area contributed by atoms with Gasteiger partial charge in [0, 0.05) is 20.1 Å². The van der Waals surface area contributed by atoms with Crippen LogP contribution in [0.3, 0.4) is 0 Å². The number of methoxy groups -OCH3 is 1. The molecule has 2 aromatic rings. The van der Waals surface area contributed by atoms with Gasteiger partial charge in [-0.2, -0.15) is 0 Å². The van der Waals surface area contributed by atoms with Crippen molar-refractivity contribution in [2.45, 2.75) is 6.92 Å². The highest BCUT2D eigenvalue weighted by atomic mass is 16.5. The molecule has 0 fully saturated rings. The third-order valence-corrected chi connectivity index (χ3v) is 4.16. The zero-order chi connectivity index (χ0) is 18.0. The lowest BCUT2D eigenvalue weighted by Crippen LogP contribution is -2.32. The number of hydrogen-bond acceptors (Lipinski definition) is 5. The van der Waals surface area contributed by atoms with Gasteiger partial charge in [0.05, 0.1) is 23.9 Å². The molecule has 0 aliphatic carbocycles. The molecule has 1 aliphatic heterocycles. The highest BCUT2D eigenvalue weighted by molar-refractivity contribution is 5.97. The molecule has 0 aromatic heterocycles. The molecule has 0 bridgehead atoms. The molecule has 1 amide bonds. The molecular weight excluding hydrogens is 320 g/mol. The average Bonchev–Trinajstić information content (AvgIpc) is 2.62. The van der Waals surface area contributed by atoms with Gasteiger partial charge in [-0.15, -0.1) is 0 Å². The van der Waals surface area contributed by atoms with E-state index in [0.29, 0.717) is 41.4 Å². The van der Waals surface area contributed by atoms with Crippen molar-refractivity contribution < 1.29 is 19.1 Å². The van der Waals surface area contributed by atoms with Gasteiger partial charge in [0.25, 0.3) is 5.91 Å². The van der Waals surface area contributed by atoms with Crippen molar-refractivity contribution in [3.8, 4) is 11.5 Å². The van der Waals surface area contributed by atoms with Crippen molar-refractivity contribution in [3.63, 3.8) is 0 Å². The second kappa shape index (κ2) is 6.84. The van der Waals surface area contributed by atoms with Crippen LogP contribution in [-0.4, -0.2) is 44.0 Å². The van der Waals surface area contributed by atoms with Crippen LogP contribution in [-0.2, 0) is 4.74 Å². The Labute approximate surface area is 146 Å². The zero-order valence-corrected chi connectivity index (χ0v) is 14.5. The smallest absolute Gasteiger partial charge is 0.337 e. The van der Waals surface area contributed by atoms with Crippen LogP contribution in [0.2, 0.25) is 0 Å². The van der Waals surface area contributed by atoms with E-state index in [4.69, 9.17) is 9.47 Å². The van der Waals surface area contributed by atoms with Crippen molar-refractivity contribution in [3.05, 3.63) is 53.1 Å². The second-order valence-corrected chi connectivity index (χ2v) is 5.91. The minimum absolute atomic E-state index is 0.0878. The van der Waals surface area contributed by atoms with Gasteiger partial charge in [0.15, 0.2) is 5.75 Å². The van der Waals surface area contributed by atoms with Crippen LogP contribution in [0.15, 0.2) is 36.4 Å². The molecule has 0 saturated heterocycles. The predicted molar refractivity (Wildman–Crippen MR) is 94.5 cm³/mol. The summed E-state index contributed by atoms with van der Waals surface area (Å²) in [6.07, 6.45) is 0. The lowest BCUT2D eigenvalue weighted by atomic mass is 10.1. The Morgan fingerprint density at radius 1 is 1.28 bits per heavy atom. The van der Waals surface area contributed by atoms with Crippen LogP contribution in [0.5, 0.6) is 11.5 Å². The summed E-state index contributed by atoms with van der Waals surface area (Å²) in [7, 11) is 3.10. The van der Waals surface area contributed by atoms with Gasteiger partial charge in [0.1, 0.15) is 5.75 Å². The number of rotatable bonds is 1. The number of benzene rings is 2. The monoisotopic (exact) mass is 340 g/mol. The van der Waals surface area contributed by atoms with E-state index in [1.54, 1.807) is 36.2 Å². The lowest BCUT2D eigenvalue weighted by molar-refractivity contribution is 0.0600. The van der Waals surface area contributed by atoms with Crippen LogP contribution in [0.1, 0.15) is 26.3 Å². The van der Waals surface area contributed by atoms with E-state index in [2.05, 4.69) is 5.32 Å². The first-order valence-electron chi connectivity index (χ1n) is 8.00. The fraction of sp³-hybridized carbons (Fsp3) is 0.263. The van der Waals surface area contributed by atoms with Gasteiger partial charge >= 0.3 is 5.97 Å². The van der Waals surface area contributed by atoms with E-state index in [1.807, 2.05) is 19.1 Å². The summed E-state index contributed by atoms with van der Waals surface area (Å²) >= 11 is 0. The maximum Gasteiger partial charge on any atom is 0.337 e. The normalized spacial score (nSPS) is 13.9. The first-order valence-corrected chi connectivity index (χ1v) is 8.00. The van der Waals surface area contributed by atoms with Gasteiger partial charge in [-0.25, -0.2) is 4.79 Å². The third kappa shape index (κ3) is 3.28. The van der Waals surface area contributed by atoms with E-state index in [-0.39, 0.29) is 5.91 Å².